The van der Waals surface area contributed by atoms with Crippen molar-refractivity contribution in [2.75, 3.05) is 62.0 Å². The van der Waals surface area contributed by atoms with Crippen LogP contribution in [0.4, 0.5) is 17.2 Å². The van der Waals surface area contributed by atoms with Crippen LogP contribution in [0.2, 0.25) is 10.0 Å². The molecule has 2 aliphatic heterocycles. The molecule has 2 fully saturated rings. The van der Waals surface area contributed by atoms with Crippen molar-refractivity contribution < 1.29 is 14.6 Å². The third-order valence-electron chi connectivity index (χ3n) is 9.21. The fraction of sp³-hybridized carbons (Fsp3) is 0.297. The van der Waals surface area contributed by atoms with Crippen molar-refractivity contribution >= 4 is 57.2 Å². The lowest BCUT2D eigenvalue weighted by Gasteiger charge is -2.34. The minimum atomic E-state index is -0.242. The van der Waals surface area contributed by atoms with Crippen LogP contribution in [-0.2, 0) is 11.2 Å². The second kappa shape index (κ2) is 14.1. The van der Waals surface area contributed by atoms with E-state index in [1.807, 2.05) is 48.5 Å². The fourth-order valence-corrected chi connectivity index (χ4v) is 7.11. The number of rotatable bonds is 8. The van der Waals surface area contributed by atoms with E-state index >= 15 is 0 Å². The number of fused-ring (bicyclic) bond motifs is 1. The molecule has 0 radical (unpaired) electrons. The third kappa shape index (κ3) is 7.24. The molecule has 4 aromatic carbocycles. The van der Waals surface area contributed by atoms with Crippen LogP contribution in [0.25, 0.3) is 22.0 Å². The van der Waals surface area contributed by atoms with Gasteiger partial charge in [-0.3, -0.25) is 9.89 Å². The largest absolute Gasteiger partial charge is 0.508 e. The third-order valence-corrected chi connectivity index (χ3v) is 9.65. The molecule has 248 valence electrons. The molecule has 1 amide bonds. The number of nitrogens with zero attached hydrogens (tertiary/aromatic N) is 3. The molecule has 0 atom stereocenters. The molecule has 0 aliphatic carbocycles. The number of hydrogen-bond donors (Lipinski definition) is 4. The number of nitrogens with one attached hydrogen (secondary N) is 3. The zero-order chi connectivity index (χ0) is 33.2. The molecule has 48 heavy (non-hydrogen) atoms. The molecule has 7 rings (SSSR count). The number of piperazine rings is 1. The highest BCUT2D eigenvalue weighted by Crippen LogP contribution is 2.35. The van der Waals surface area contributed by atoms with Gasteiger partial charge in [-0.1, -0.05) is 35.3 Å². The highest BCUT2D eigenvalue weighted by Gasteiger charge is 2.22. The molecular weight excluding hydrogens is 647 g/mol. The van der Waals surface area contributed by atoms with Crippen molar-refractivity contribution in [3.8, 4) is 16.9 Å². The van der Waals surface area contributed by atoms with Crippen LogP contribution in [0.3, 0.4) is 0 Å². The van der Waals surface area contributed by atoms with Crippen LogP contribution >= 0.6 is 23.2 Å². The Labute approximate surface area is 289 Å². The summed E-state index contributed by atoms with van der Waals surface area (Å²) in [5.41, 5.74) is 7.07. The van der Waals surface area contributed by atoms with Gasteiger partial charge in [-0.15, -0.1) is 0 Å². The number of aromatic nitrogens is 2. The Morgan fingerprint density at radius 2 is 1.69 bits per heavy atom. The van der Waals surface area contributed by atoms with E-state index in [9.17, 15) is 9.90 Å². The summed E-state index contributed by atoms with van der Waals surface area (Å²) in [4.78, 5) is 18.7. The number of likely N-dealkylation sites (N-methyl/N-ethyl adjacent to an activating group) is 1. The van der Waals surface area contributed by atoms with E-state index in [4.69, 9.17) is 27.9 Å². The number of aromatic amines is 1. The Kier molecular flexibility index (Phi) is 9.45. The maximum absolute atomic E-state index is 14.0. The summed E-state index contributed by atoms with van der Waals surface area (Å²) in [6.45, 7) is 5.27. The van der Waals surface area contributed by atoms with Gasteiger partial charge in [-0.25, -0.2) is 0 Å². The van der Waals surface area contributed by atoms with Crippen molar-refractivity contribution in [2.24, 2.45) is 0 Å². The second-order valence-corrected chi connectivity index (χ2v) is 13.5. The van der Waals surface area contributed by atoms with Crippen LogP contribution < -0.4 is 15.5 Å². The van der Waals surface area contributed by atoms with Gasteiger partial charge in [0.05, 0.1) is 11.1 Å². The van der Waals surface area contributed by atoms with E-state index in [1.54, 1.807) is 18.2 Å². The molecule has 5 aromatic rings. The number of amides is 1. The molecule has 9 nitrogen and oxygen atoms in total. The number of halogens is 2. The van der Waals surface area contributed by atoms with E-state index in [2.05, 4.69) is 43.7 Å². The van der Waals surface area contributed by atoms with Gasteiger partial charge in [0.2, 0.25) is 0 Å². The average molecular weight is 686 g/mol. The van der Waals surface area contributed by atoms with Crippen LogP contribution in [0.5, 0.6) is 5.75 Å². The van der Waals surface area contributed by atoms with Crippen molar-refractivity contribution in [3.63, 3.8) is 0 Å². The first-order valence-corrected chi connectivity index (χ1v) is 17.0. The Hall–Kier alpha value is -4.28. The Bertz CT molecular complexity index is 1910. The van der Waals surface area contributed by atoms with Crippen molar-refractivity contribution in [2.45, 2.75) is 25.3 Å². The average Bonchev–Trinajstić information content (AvgIpc) is 3.46. The van der Waals surface area contributed by atoms with Gasteiger partial charge in [0.15, 0.2) is 5.82 Å². The number of phenols is 1. The number of benzene rings is 4. The number of H-pyrrole nitrogens is 1. The molecule has 2 saturated heterocycles. The first-order valence-electron chi connectivity index (χ1n) is 16.3. The SMILES string of the molecule is CN1CCN(c2ccc(C(=O)Nc3n[nH]c4cc(-c5ccc(O)cc5)c(Cc5cc(Cl)cc(Cl)c5)cc34)c(NC3CCOCC3)c2)CC1. The Morgan fingerprint density at radius 3 is 2.42 bits per heavy atom. The van der Waals surface area contributed by atoms with Crippen LogP contribution in [0, 0.1) is 0 Å². The number of anilines is 3. The van der Waals surface area contributed by atoms with E-state index in [0.29, 0.717) is 41.1 Å². The molecular formula is C37H38Cl2N6O3. The lowest BCUT2D eigenvalue weighted by molar-refractivity contribution is 0.0904. The van der Waals surface area contributed by atoms with Crippen LogP contribution in [0.1, 0.15) is 34.3 Å². The summed E-state index contributed by atoms with van der Waals surface area (Å²) < 4.78 is 5.59. The molecule has 3 heterocycles. The van der Waals surface area contributed by atoms with Gasteiger partial charge < -0.3 is 30.3 Å². The number of phenolic OH excluding ortho intramolecular Hbond substituents is 1. The maximum Gasteiger partial charge on any atom is 0.258 e. The zero-order valence-corrected chi connectivity index (χ0v) is 28.2. The summed E-state index contributed by atoms with van der Waals surface area (Å²) >= 11 is 12.7. The normalized spacial score (nSPS) is 15.9. The van der Waals surface area contributed by atoms with E-state index in [0.717, 1.165) is 83.6 Å². The summed E-state index contributed by atoms with van der Waals surface area (Å²) in [7, 11) is 2.14. The molecule has 0 unspecified atom stereocenters. The van der Waals surface area contributed by atoms with Crippen molar-refractivity contribution in [1.82, 2.24) is 15.1 Å². The van der Waals surface area contributed by atoms with Crippen LogP contribution in [-0.4, -0.2) is 78.6 Å². The monoisotopic (exact) mass is 684 g/mol. The molecule has 2 aliphatic rings. The van der Waals surface area contributed by atoms with Crippen molar-refractivity contribution in [1.29, 1.82) is 0 Å². The smallest absolute Gasteiger partial charge is 0.258 e. The number of carbonyl (C=O) groups is 1. The van der Waals surface area contributed by atoms with E-state index in [-0.39, 0.29) is 17.7 Å². The minimum Gasteiger partial charge on any atom is -0.508 e. The topological polar surface area (TPSA) is 106 Å². The van der Waals surface area contributed by atoms with Gasteiger partial charge in [-0.05, 0) is 109 Å². The van der Waals surface area contributed by atoms with Crippen molar-refractivity contribution in [3.05, 3.63) is 99.5 Å². The second-order valence-electron chi connectivity index (χ2n) is 12.6. The van der Waals surface area contributed by atoms with Gasteiger partial charge in [0.25, 0.3) is 5.91 Å². The molecule has 1 aromatic heterocycles. The Balaban J connectivity index is 1.22. The molecule has 4 N–H and O–H groups in total. The first-order chi connectivity index (χ1) is 23.3. The van der Waals surface area contributed by atoms with Gasteiger partial charge in [-0.2, -0.15) is 5.10 Å². The zero-order valence-electron chi connectivity index (χ0n) is 26.7. The summed E-state index contributed by atoms with van der Waals surface area (Å²) in [6, 6.07) is 22.9. The van der Waals surface area contributed by atoms with E-state index in [1.165, 1.54) is 0 Å². The number of ether oxygens (including phenoxy) is 1. The quantitative estimate of drug-likeness (QED) is 0.135. The van der Waals surface area contributed by atoms with Gasteiger partial charge >= 0.3 is 0 Å². The van der Waals surface area contributed by atoms with E-state index < -0.39 is 0 Å². The maximum atomic E-state index is 14.0. The fourth-order valence-electron chi connectivity index (χ4n) is 6.54. The van der Waals surface area contributed by atoms with Gasteiger partial charge in [0, 0.05) is 72.2 Å². The Morgan fingerprint density at radius 1 is 0.958 bits per heavy atom. The lowest BCUT2D eigenvalue weighted by Crippen LogP contribution is -2.44. The predicted molar refractivity (Wildman–Crippen MR) is 194 cm³/mol. The number of hydrogen-bond acceptors (Lipinski definition) is 7. The highest BCUT2D eigenvalue weighted by atomic mass is 35.5. The minimum absolute atomic E-state index is 0.191. The molecule has 0 spiro atoms. The lowest BCUT2D eigenvalue weighted by atomic mass is 9.93. The number of aromatic hydroxyl groups is 1. The van der Waals surface area contributed by atoms with Gasteiger partial charge in [0.1, 0.15) is 5.75 Å². The van der Waals surface area contributed by atoms with Crippen LogP contribution in [0.15, 0.2) is 72.8 Å². The first kappa shape index (κ1) is 32.3. The standard InChI is InChI=1S/C37H38Cl2N6O3/c1-44-10-12-45(13-11-44)29-4-7-31(34(21-29)40-28-8-14-48-15-9-28)37(47)41-36-33-19-25(16-23-17-26(38)20-27(39)18-23)32(22-35(33)42-43-36)24-2-5-30(46)6-3-24/h2-7,17-22,28,40,46H,8-16H2,1H3,(H2,41,42,43,47). The molecule has 0 saturated carbocycles. The summed E-state index contributed by atoms with van der Waals surface area (Å²) in [5.74, 6) is 0.392. The molecule has 11 heteroatoms. The highest BCUT2D eigenvalue weighted by molar-refractivity contribution is 6.34. The summed E-state index contributed by atoms with van der Waals surface area (Å²) in [6.07, 6.45) is 2.31. The summed E-state index contributed by atoms with van der Waals surface area (Å²) in [5, 5.41) is 26.2. The number of carbonyl (C=O) groups excluding carboxylic acids is 1. The predicted octanol–water partition coefficient (Wildman–Crippen LogP) is 7.43. The molecule has 0 bridgehead atoms.